The lowest BCUT2D eigenvalue weighted by Crippen LogP contribution is -2.04. The van der Waals surface area contributed by atoms with Gasteiger partial charge >= 0.3 is 0 Å². The molecule has 5 heteroatoms. The third-order valence-corrected chi connectivity index (χ3v) is 3.79. The van der Waals surface area contributed by atoms with E-state index in [0.29, 0.717) is 5.02 Å². The summed E-state index contributed by atoms with van der Waals surface area (Å²) in [4.78, 5) is 0. The van der Waals surface area contributed by atoms with Gasteiger partial charge in [-0.3, -0.25) is 4.68 Å². The number of hydrogen-bond acceptors (Lipinski definition) is 2. The van der Waals surface area contributed by atoms with Crippen molar-refractivity contribution >= 4 is 17.4 Å². The molecule has 3 rings (SSSR count). The number of anilines is 1. The van der Waals surface area contributed by atoms with Crippen molar-refractivity contribution in [2.24, 2.45) is 7.05 Å². The van der Waals surface area contributed by atoms with Crippen LogP contribution in [0.5, 0.6) is 0 Å². The molecule has 0 spiro atoms. The highest BCUT2D eigenvalue weighted by atomic mass is 35.5. The molecule has 0 radical (unpaired) electrons. The fourth-order valence-electron chi connectivity index (χ4n) is 2.56. The Morgan fingerprint density at radius 1 is 1.37 bits per heavy atom. The molecule has 1 aliphatic rings. The van der Waals surface area contributed by atoms with Gasteiger partial charge in [0.15, 0.2) is 0 Å². The highest BCUT2D eigenvalue weighted by Crippen LogP contribution is 2.35. The number of nitrogens with one attached hydrogen (secondary N) is 1. The average molecular weight is 280 g/mol. The molecular weight excluding hydrogens is 265 g/mol. The summed E-state index contributed by atoms with van der Waals surface area (Å²) in [6.45, 7) is 0.961. The number of fused-ring (bicyclic) bond motifs is 1. The Hall–Kier alpha value is -1.55. The second kappa shape index (κ2) is 4.85. The number of benzene rings is 1. The summed E-state index contributed by atoms with van der Waals surface area (Å²) < 4.78 is 15.0. The van der Waals surface area contributed by atoms with E-state index in [1.807, 2.05) is 11.7 Å². The molecule has 0 aliphatic carbocycles. The summed E-state index contributed by atoms with van der Waals surface area (Å²) in [6, 6.07) is 4.46. The second-order valence-electron chi connectivity index (χ2n) is 4.81. The second-order valence-corrected chi connectivity index (χ2v) is 5.21. The fourth-order valence-corrected chi connectivity index (χ4v) is 2.81. The van der Waals surface area contributed by atoms with Gasteiger partial charge in [0.25, 0.3) is 0 Å². The first-order valence-corrected chi connectivity index (χ1v) is 6.80. The zero-order valence-corrected chi connectivity index (χ0v) is 11.5. The van der Waals surface area contributed by atoms with Gasteiger partial charge in [0.05, 0.1) is 10.7 Å². The molecule has 2 heterocycles. The van der Waals surface area contributed by atoms with Crippen molar-refractivity contribution < 1.29 is 4.39 Å². The Morgan fingerprint density at radius 2 is 2.21 bits per heavy atom. The van der Waals surface area contributed by atoms with E-state index >= 15 is 0 Å². The van der Waals surface area contributed by atoms with E-state index in [4.69, 9.17) is 11.6 Å². The predicted molar refractivity (Wildman–Crippen MR) is 75.0 cm³/mol. The highest BCUT2D eigenvalue weighted by molar-refractivity contribution is 6.33. The van der Waals surface area contributed by atoms with Crippen molar-refractivity contribution in [3.05, 3.63) is 34.6 Å². The van der Waals surface area contributed by atoms with Gasteiger partial charge in [0.2, 0.25) is 0 Å². The molecule has 19 heavy (non-hydrogen) atoms. The Kier molecular flexibility index (Phi) is 3.19. The summed E-state index contributed by atoms with van der Waals surface area (Å²) in [5.41, 5.74) is 2.83. The molecule has 1 N–H and O–H groups in total. The minimum atomic E-state index is -0.325. The van der Waals surface area contributed by atoms with Crippen LogP contribution in [-0.2, 0) is 13.5 Å². The van der Waals surface area contributed by atoms with Crippen LogP contribution in [-0.4, -0.2) is 16.3 Å². The molecule has 0 bridgehead atoms. The third kappa shape index (κ3) is 2.21. The van der Waals surface area contributed by atoms with Gasteiger partial charge in [-0.1, -0.05) is 11.6 Å². The van der Waals surface area contributed by atoms with Crippen molar-refractivity contribution in [2.45, 2.75) is 19.3 Å². The van der Waals surface area contributed by atoms with Gasteiger partial charge in [-0.05, 0) is 37.5 Å². The van der Waals surface area contributed by atoms with Crippen molar-refractivity contribution in [1.29, 1.82) is 0 Å². The summed E-state index contributed by atoms with van der Waals surface area (Å²) in [5, 5.41) is 8.35. The van der Waals surface area contributed by atoms with E-state index in [-0.39, 0.29) is 5.82 Å². The molecule has 3 nitrogen and oxygen atoms in total. The van der Waals surface area contributed by atoms with Crippen LogP contribution in [0.15, 0.2) is 18.2 Å². The molecule has 1 aromatic carbocycles. The van der Waals surface area contributed by atoms with E-state index in [9.17, 15) is 4.39 Å². The Morgan fingerprint density at radius 3 is 3.00 bits per heavy atom. The Labute approximate surface area is 116 Å². The predicted octanol–water partition coefficient (Wildman–Crippen LogP) is 3.63. The van der Waals surface area contributed by atoms with E-state index in [0.717, 1.165) is 42.9 Å². The molecule has 0 fully saturated rings. The van der Waals surface area contributed by atoms with Crippen LogP contribution in [0.3, 0.4) is 0 Å². The molecule has 2 aromatic rings. The maximum absolute atomic E-state index is 13.2. The highest BCUT2D eigenvalue weighted by Gasteiger charge is 2.20. The molecule has 1 aromatic heterocycles. The van der Waals surface area contributed by atoms with Crippen molar-refractivity contribution in [1.82, 2.24) is 9.78 Å². The number of halogens is 2. The zero-order valence-electron chi connectivity index (χ0n) is 10.7. The normalized spacial score (nSPS) is 14.7. The van der Waals surface area contributed by atoms with Gasteiger partial charge in [0, 0.05) is 24.7 Å². The number of aromatic nitrogens is 2. The first kappa shape index (κ1) is 12.5. The maximum atomic E-state index is 13.2. The quantitative estimate of drug-likeness (QED) is 0.864. The van der Waals surface area contributed by atoms with Gasteiger partial charge in [0.1, 0.15) is 11.6 Å². The average Bonchev–Trinajstić information content (AvgIpc) is 2.56. The Bertz CT molecular complexity index is 621. The van der Waals surface area contributed by atoms with Gasteiger partial charge in [-0.2, -0.15) is 5.10 Å². The summed E-state index contributed by atoms with van der Waals surface area (Å²) >= 11 is 6.15. The maximum Gasteiger partial charge on any atom is 0.127 e. The van der Waals surface area contributed by atoms with Gasteiger partial charge in [-0.25, -0.2) is 4.39 Å². The van der Waals surface area contributed by atoms with Crippen LogP contribution in [0.25, 0.3) is 11.3 Å². The lowest BCUT2D eigenvalue weighted by molar-refractivity contribution is 0.628. The standard InChI is InChI=1S/C14H15ClFN3/c1-19-14-11(4-2-3-7-17-14)13(18-19)10-6-5-9(16)8-12(10)15/h5-6,8,17H,2-4,7H2,1H3. The molecule has 0 saturated carbocycles. The first-order chi connectivity index (χ1) is 9.16. The van der Waals surface area contributed by atoms with Crippen molar-refractivity contribution in [2.75, 3.05) is 11.9 Å². The smallest absolute Gasteiger partial charge is 0.127 e. The van der Waals surface area contributed by atoms with Crippen LogP contribution in [0, 0.1) is 5.82 Å². The van der Waals surface area contributed by atoms with E-state index in [2.05, 4.69) is 10.4 Å². The fraction of sp³-hybridized carbons (Fsp3) is 0.357. The molecule has 100 valence electrons. The number of nitrogens with zero attached hydrogens (tertiary/aromatic N) is 2. The van der Waals surface area contributed by atoms with Gasteiger partial charge < -0.3 is 5.32 Å². The molecule has 0 unspecified atom stereocenters. The van der Waals surface area contributed by atoms with Crippen molar-refractivity contribution in [3.8, 4) is 11.3 Å². The van der Waals surface area contributed by atoms with E-state index < -0.39 is 0 Å². The minimum Gasteiger partial charge on any atom is -0.370 e. The van der Waals surface area contributed by atoms with Crippen LogP contribution in [0.4, 0.5) is 10.2 Å². The molecule has 0 atom stereocenters. The van der Waals surface area contributed by atoms with Crippen molar-refractivity contribution in [3.63, 3.8) is 0 Å². The third-order valence-electron chi connectivity index (χ3n) is 3.48. The number of rotatable bonds is 1. The molecule has 0 amide bonds. The lowest BCUT2D eigenvalue weighted by atomic mass is 10.0. The van der Waals surface area contributed by atoms with Crippen LogP contribution in [0.2, 0.25) is 5.02 Å². The summed E-state index contributed by atoms with van der Waals surface area (Å²) in [7, 11) is 1.91. The van der Waals surface area contributed by atoms with Crippen LogP contribution in [0.1, 0.15) is 18.4 Å². The molecule has 1 aliphatic heterocycles. The SMILES string of the molecule is Cn1nc(-c2ccc(F)cc2Cl)c2c1NCCCC2. The van der Waals surface area contributed by atoms with E-state index in [1.54, 1.807) is 6.07 Å². The van der Waals surface area contributed by atoms with E-state index in [1.165, 1.54) is 17.7 Å². The topological polar surface area (TPSA) is 29.9 Å². The number of hydrogen-bond donors (Lipinski definition) is 1. The number of aryl methyl sites for hydroxylation is 1. The van der Waals surface area contributed by atoms with Gasteiger partial charge in [-0.15, -0.1) is 0 Å². The van der Waals surface area contributed by atoms with Crippen LogP contribution >= 0.6 is 11.6 Å². The first-order valence-electron chi connectivity index (χ1n) is 6.42. The molecular formula is C14H15ClFN3. The minimum absolute atomic E-state index is 0.325. The largest absolute Gasteiger partial charge is 0.370 e. The van der Waals surface area contributed by atoms with Crippen LogP contribution < -0.4 is 5.32 Å². The zero-order chi connectivity index (χ0) is 13.4. The summed E-state index contributed by atoms with van der Waals surface area (Å²) in [6.07, 6.45) is 3.24. The lowest BCUT2D eigenvalue weighted by Gasteiger charge is -2.05. The Balaban J connectivity index is 2.15. The summed E-state index contributed by atoms with van der Waals surface area (Å²) in [5.74, 6) is 0.724. The monoisotopic (exact) mass is 279 g/mol. The molecule has 0 saturated heterocycles.